The Balaban J connectivity index is 2.87. The van der Waals surface area contributed by atoms with Gasteiger partial charge in [0.2, 0.25) is 10.0 Å². The highest BCUT2D eigenvalue weighted by atomic mass is 32.2. The molecular weight excluding hydrogens is 279 g/mol. The Morgan fingerprint density at radius 2 is 1.90 bits per heavy atom. The lowest BCUT2D eigenvalue weighted by Gasteiger charge is -2.16. The van der Waals surface area contributed by atoms with E-state index in [1.165, 1.54) is 12.1 Å². The van der Waals surface area contributed by atoms with Crippen molar-refractivity contribution in [3.63, 3.8) is 0 Å². The molecule has 0 saturated heterocycles. The molecule has 1 rings (SSSR count). The highest BCUT2D eigenvalue weighted by molar-refractivity contribution is 7.89. The summed E-state index contributed by atoms with van der Waals surface area (Å²) < 4.78 is 40.5. The second kappa shape index (κ2) is 7.15. The lowest BCUT2D eigenvalue weighted by Crippen LogP contribution is -2.30. The summed E-state index contributed by atoms with van der Waals surface area (Å²) in [4.78, 5) is -0.298. The second-order valence-electron chi connectivity index (χ2n) is 5.37. The van der Waals surface area contributed by atoms with E-state index in [4.69, 9.17) is 0 Å². The van der Waals surface area contributed by atoms with Gasteiger partial charge in [-0.1, -0.05) is 26.8 Å². The zero-order valence-electron chi connectivity index (χ0n) is 12.4. The largest absolute Gasteiger partial charge is 0.316 e. The average Bonchev–Trinajstić information content (AvgIpc) is 2.36. The highest BCUT2D eigenvalue weighted by Gasteiger charge is 2.20. The van der Waals surface area contributed by atoms with E-state index in [9.17, 15) is 12.8 Å². The van der Waals surface area contributed by atoms with E-state index in [1.54, 1.807) is 13.1 Å². The molecule has 1 atom stereocenters. The van der Waals surface area contributed by atoms with Crippen molar-refractivity contribution in [2.75, 3.05) is 13.6 Å². The second-order valence-corrected chi connectivity index (χ2v) is 7.10. The minimum absolute atomic E-state index is 0.191. The molecule has 0 aliphatic rings. The average molecular weight is 302 g/mol. The molecule has 0 fully saturated rings. The number of nitrogens with one attached hydrogen (secondary N) is 2. The summed E-state index contributed by atoms with van der Waals surface area (Å²) in [6, 6.07) is 4.17. The third-order valence-corrected chi connectivity index (χ3v) is 4.86. The van der Waals surface area contributed by atoms with Crippen LogP contribution in [0.4, 0.5) is 4.39 Å². The van der Waals surface area contributed by atoms with Gasteiger partial charge in [-0.3, -0.25) is 0 Å². The van der Waals surface area contributed by atoms with Crippen molar-refractivity contribution in [3.05, 3.63) is 29.6 Å². The van der Waals surface area contributed by atoms with Gasteiger partial charge >= 0.3 is 0 Å². The van der Waals surface area contributed by atoms with Crippen molar-refractivity contribution in [2.24, 2.45) is 11.8 Å². The Kier molecular flexibility index (Phi) is 6.10. The zero-order valence-corrected chi connectivity index (χ0v) is 13.2. The van der Waals surface area contributed by atoms with Gasteiger partial charge in [-0.2, -0.15) is 0 Å². The molecule has 0 aromatic heterocycles. The fourth-order valence-corrected chi connectivity index (χ4v) is 2.83. The van der Waals surface area contributed by atoms with Crippen LogP contribution in [0.3, 0.4) is 0 Å². The minimum Gasteiger partial charge on any atom is -0.316 e. The van der Waals surface area contributed by atoms with Crippen LogP contribution in [0.2, 0.25) is 0 Å². The first-order chi connectivity index (χ1) is 9.27. The number of halogens is 1. The number of hydrogen-bond acceptors (Lipinski definition) is 3. The first-order valence-corrected chi connectivity index (χ1v) is 8.19. The van der Waals surface area contributed by atoms with Gasteiger partial charge < -0.3 is 5.32 Å². The van der Waals surface area contributed by atoms with Crippen LogP contribution in [0.5, 0.6) is 0 Å². The normalized spacial score (nSPS) is 13.7. The molecule has 2 N–H and O–H groups in total. The standard InChI is InChI=1S/C14H23FN2O2S/c1-10(2)11(3)8-17-20(18,19)14-6-5-12(9-16-4)7-13(14)15/h5-7,10-11,16-17H,8-9H2,1-4H3. The first-order valence-electron chi connectivity index (χ1n) is 6.70. The van der Waals surface area contributed by atoms with Gasteiger partial charge in [-0.05, 0) is 36.6 Å². The third kappa shape index (κ3) is 4.54. The van der Waals surface area contributed by atoms with Gasteiger partial charge in [-0.25, -0.2) is 17.5 Å². The smallest absolute Gasteiger partial charge is 0.243 e. The van der Waals surface area contributed by atoms with Crippen LogP contribution in [-0.4, -0.2) is 22.0 Å². The molecular formula is C14H23FN2O2S. The predicted octanol–water partition coefficient (Wildman–Crippen LogP) is 2.12. The molecule has 114 valence electrons. The lowest BCUT2D eigenvalue weighted by molar-refractivity contribution is 0.414. The summed E-state index contributed by atoms with van der Waals surface area (Å²) in [5, 5.41) is 2.89. The SMILES string of the molecule is CNCc1ccc(S(=O)(=O)NCC(C)C(C)C)c(F)c1. The molecule has 0 aliphatic carbocycles. The maximum atomic E-state index is 13.9. The summed E-state index contributed by atoms with van der Waals surface area (Å²) in [5.74, 6) is -0.167. The van der Waals surface area contributed by atoms with Crippen molar-refractivity contribution >= 4 is 10.0 Å². The summed E-state index contributed by atoms with van der Waals surface area (Å²) >= 11 is 0. The van der Waals surface area contributed by atoms with Crippen LogP contribution >= 0.6 is 0 Å². The number of benzene rings is 1. The maximum absolute atomic E-state index is 13.9. The fourth-order valence-electron chi connectivity index (χ4n) is 1.63. The van der Waals surface area contributed by atoms with Gasteiger partial charge in [0, 0.05) is 13.1 Å². The minimum atomic E-state index is -3.80. The maximum Gasteiger partial charge on any atom is 0.243 e. The van der Waals surface area contributed by atoms with Crippen LogP contribution in [-0.2, 0) is 16.6 Å². The Hall–Kier alpha value is -0.980. The van der Waals surface area contributed by atoms with Gasteiger partial charge in [-0.15, -0.1) is 0 Å². The number of rotatable bonds is 7. The summed E-state index contributed by atoms with van der Waals surface area (Å²) in [7, 11) is -2.05. The van der Waals surface area contributed by atoms with Crippen LogP contribution in [0, 0.1) is 17.7 Å². The molecule has 6 heteroatoms. The summed E-state index contributed by atoms with van der Waals surface area (Å²) in [6.45, 7) is 6.80. The van der Waals surface area contributed by atoms with Crippen molar-refractivity contribution < 1.29 is 12.8 Å². The molecule has 0 heterocycles. The topological polar surface area (TPSA) is 58.2 Å². The lowest BCUT2D eigenvalue weighted by atomic mass is 9.99. The van der Waals surface area contributed by atoms with E-state index in [-0.39, 0.29) is 10.8 Å². The summed E-state index contributed by atoms with van der Waals surface area (Å²) in [6.07, 6.45) is 0. The van der Waals surface area contributed by atoms with Gasteiger partial charge in [0.15, 0.2) is 0 Å². The summed E-state index contributed by atoms with van der Waals surface area (Å²) in [5.41, 5.74) is 0.708. The zero-order chi connectivity index (χ0) is 15.3. The molecule has 0 aliphatic heterocycles. The van der Waals surface area contributed by atoms with Gasteiger partial charge in [0.05, 0.1) is 0 Å². The van der Waals surface area contributed by atoms with Gasteiger partial charge in [0.1, 0.15) is 10.7 Å². The Labute approximate surface area is 120 Å². The predicted molar refractivity (Wildman–Crippen MR) is 78.4 cm³/mol. The molecule has 0 bridgehead atoms. The van der Waals surface area contributed by atoms with E-state index >= 15 is 0 Å². The third-order valence-electron chi connectivity index (χ3n) is 3.40. The van der Waals surface area contributed by atoms with E-state index in [1.807, 2.05) is 20.8 Å². The van der Waals surface area contributed by atoms with Crippen molar-refractivity contribution in [1.82, 2.24) is 10.0 Å². The van der Waals surface area contributed by atoms with E-state index in [2.05, 4.69) is 10.0 Å². The Bertz CT molecular complexity index is 544. The van der Waals surface area contributed by atoms with Crippen LogP contribution in [0.15, 0.2) is 23.1 Å². The molecule has 1 aromatic rings. The van der Waals surface area contributed by atoms with Crippen LogP contribution < -0.4 is 10.0 Å². The molecule has 0 saturated carbocycles. The van der Waals surface area contributed by atoms with Crippen molar-refractivity contribution in [1.29, 1.82) is 0 Å². The quantitative estimate of drug-likeness (QED) is 0.811. The molecule has 0 amide bonds. The molecule has 1 aromatic carbocycles. The van der Waals surface area contributed by atoms with E-state index < -0.39 is 15.8 Å². The molecule has 0 spiro atoms. The monoisotopic (exact) mass is 302 g/mol. The Morgan fingerprint density at radius 1 is 1.25 bits per heavy atom. The van der Waals surface area contributed by atoms with Gasteiger partial charge in [0.25, 0.3) is 0 Å². The van der Waals surface area contributed by atoms with E-state index in [0.717, 1.165) is 0 Å². The van der Waals surface area contributed by atoms with Crippen LogP contribution in [0.1, 0.15) is 26.3 Å². The number of sulfonamides is 1. The van der Waals surface area contributed by atoms with E-state index in [0.29, 0.717) is 24.6 Å². The first kappa shape index (κ1) is 17.1. The fraction of sp³-hybridized carbons (Fsp3) is 0.571. The van der Waals surface area contributed by atoms with Crippen molar-refractivity contribution in [3.8, 4) is 0 Å². The molecule has 0 radical (unpaired) electrons. The number of hydrogen-bond donors (Lipinski definition) is 2. The molecule has 1 unspecified atom stereocenters. The highest BCUT2D eigenvalue weighted by Crippen LogP contribution is 2.17. The van der Waals surface area contributed by atoms with Crippen LogP contribution in [0.25, 0.3) is 0 Å². The Morgan fingerprint density at radius 3 is 2.40 bits per heavy atom. The molecule has 4 nitrogen and oxygen atoms in total. The molecule has 20 heavy (non-hydrogen) atoms. The van der Waals surface area contributed by atoms with Crippen molar-refractivity contribution in [2.45, 2.75) is 32.2 Å².